The lowest BCUT2D eigenvalue weighted by Crippen LogP contribution is -2.48. The summed E-state index contributed by atoms with van der Waals surface area (Å²) in [6, 6.07) is 21.0. The predicted molar refractivity (Wildman–Crippen MR) is 173 cm³/mol. The topological polar surface area (TPSA) is 67.0 Å². The fourth-order valence-electron chi connectivity index (χ4n) is 6.14. The Labute approximate surface area is 264 Å². The number of hydrogen-bond acceptors (Lipinski definition) is 7. The van der Waals surface area contributed by atoms with Gasteiger partial charge in [-0.05, 0) is 54.4 Å². The molecule has 2 aliphatic rings. The van der Waals surface area contributed by atoms with Gasteiger partial charge in [-0.1, -0.05) is 55.8 Å². The van der Waals surface area contributed by atoms with Crippen LogP contribution in [0, 0.1) is 11.6 Å². The van der Waals surface area contributed by atoms with Crippen LogP contribution in [0.25, 0.3) is 27.7 Å². The molecule has 2 aliphatic heterocycles. The van der Waals surface area contributed by atoms with Crippen LogP contribution in [0.2, 0.25) is 0 Å². The molecule has 45 heavy (non-hydrogen) atoms. The molecule has 4 heterocycles. The Morgan fingerprint density at radius 3 is 2.60 bits per heavy atom. The summed E-state index contributed by atoms with van der Waals surface area (Å²) in [5, 5.41) is 1.28. The van der Waals surface area contributed by atoms with Crippen molar-refractivity contribution >= 4 is 28.4 Å². The molecular weight excluding hydrogens is 594 g/mol. The molecule has 0 spiro atoms. The van der Waals surface area contributed by atoms with Gasteiger partial charge in [0.2, 0.25) is 0 Å². The average Bonchev–Trinajstić information content (AvgIpc) is 3.65. The van der Waals surface area contributed by atoms with Crippen LogP contribution in [0.3, 0.4) is 0 Å². The van der Waals surface area contributed by atoms with Crippen LogP contribution >= 0.6 is 11.8 Å². The molecule has 3 atom stereocenters. The highest BCUT2D eigenvalue weighted by molar-refractivity contribution is 7.99. The van der Waals surface area contributed by atoms with Crippen LogP contribution in [0.4, 0.5) is 14.5 Å². The maximum absolute atomic E-state index is 14.4. The van der Waals surface area contributed by atoms with E-state index in [0.717, 1.165) is 42.1 Å². The minimum atomic E-state index is -0.572. The number of halogens is 2. The zero-order valence-electron chi connectivity index (χ0n) is 24.9. The number of hydrogen-bond donors (Lipinski definition) is 0. The molecule has 232 valence electrons. The molecule has 2 saturated heterocycles. The molecule has 5 aromatic rings. The van der Waals surface area contributed by atoms with E-state index in [9.17, 15) is 13.6 Å². The number of rotatable bonds is 10. The van der Waals surface area contributed by atoms with E-state index >= 15 is 0 Å². The second kappa shape index (κ2) is 12.8. The van der Waals surface area contributed by atoms with E-state index in [4.69, 9.17) is 14.1 Å². The highest BCUT2D eigenvalue weighted by Gasteiger charge is 2.49. The lowest BCUT2D eigenvalue weighted by atomic mass is 10.1. The van der Waals surface area contributed by atoms with E-state index in [1.807, 2.05) is 59.5 Å². The fraction of sp³-hybridized carbons (Fsp3) is 0.314. The number of epoxide rings is 1. The van der Waals surface area contributed by atoms with Gasteiger partial charge < -0.3 is 14.1 Å². The summed E-state index contributed by atoms with van der Waals surface area (Å²) in [7, 11) is 0. The molecule has 0 bridgehead atoms. The first-order valence-electron chi connectivity index (χ1n) is 15.4. The number of nitrogens with zero attached hydrogens (tertiary/aromatic N) is 4. The van der Waals surface area contributed by atoms with E-state index < -0.39 is 11.6 Å². The Hall–Kier alpha value is -3.99. The van der Waals surface area contributed by atoms with Crippen molar-refractivity contribution < 1.29 is 17.9 Å². The maximum Gasteiger partial charge on any atom is 0.266 e. The third kappa shape index (κ3) is 6.14. The second-order valence-corrected chi connectivity index (χ2v) is 12.7. The van der Waals surface area contributed by atoms with Crippen molar-refractivity contribution in [2.75, 3.05) is 31.1 Å². The Morgan fingerprint density at radius 1 is 0.978 bits per heavy atom. The summed E-state index contributed by atoms with van der Waals surface area (Å²) in [6.07, 6.45) is 6.24. The molecule has 10 heteroatoms. The lowest BCUT2D eigenvalue weighted by Gasteiger charge is -2.35. The van der Waals surface area contributed by atoms with Crippen molar-refractivity contribution in [2.24, 2.45) is 0 Å². The van der Waals surface area contributed by atoms with Crippen LogP contribution in [-0.4, -0.2) is 58.2 Å². The molecule has 3 unspecified atom stereocenters. The van der Waals surface area contributed by atoms with E-state index in [1.165, 1.54) is 12.1 Å². The van der Waals surface area contributed by atoms with E-state index in [2.05, 4.69) is 11.8 Å². The number of furan rings is 1. The van der Waals surface area contributed by atoms with Gasteiger partial charge in [0.25, 0.3) is 5.56 Å². The number of piperazine rings is 1. The Balaban J connectivity index is 1.15. The minimum absolute atomic E-state index is 0.0234. The fourth-order valence-corrected chi connectivity index (χ4v) is 7.47. The molecule has 2 fully saturated rings. The quantitative estimate of drug-likeness (QED) is 0.0927. The molecule has 0 radical (unpaired) electrons. The van der Waals surface area contributed by atoms with Crippen LogP contribution in [0.1, 0.15) is 26.2 Å². The summed E-state index contributed by atoms with van der Waals surface area (Å²) >= 11 is 1.61. The Morgan fingerprint density at radius 2 is 1.82 bits per heavy atom. The molecule has 7 nitrogen and oxygen atoms in total. The van der Waals surface area contributed by atoms with Crippen molar-refractivity contribution in [3.63, 3.8) is 0 Å². The summed E-state index contributed by atoms with van der Waals surface area (Å²) in [4.78, 5) is 23.3. The number of benzene rings is 3. The van der Waals surface area contributed by atoms with Crippen LogP contribution in [-0.2, 0) is 4.74 Å². The van der Waals surface area contributed by atoms with Crippen LogP contribution in [0.5, 0.6) is 0 Å². The van der Waals surface area contributed by atoms with Gasteiger partial charge in [0.15, 0.2) is 5.16 Å². The molecule has 7 rings (SSSR count). The first-order chi connectivity index (χ1) is 22.0. The average molecular weight is 629 g/mol. The largest absolute Gasteiger partial charge is 0.472 e. The SMILES string of the molecule is CCCCC(Sc1nc2ccccc2c(=O)n1-c1cccc(-c2ccoc2)c1)C1OC1N1CCN(c2ccc(F)cc2F)CC1. The highest BCUT2D eigenvalue weighted by Crippen LogP contribution is 2.41. The van der Waals surface area contributed by atoms with Gasteiger partial charge in [-0.3, -0.25) is 14.3 Å². The smallest absolute Gasteiger partial charge is 0.266 e. The standard InChI is InChI=1S/C35H34F2N4O3S/c1-2-3-11-31(32-34(44-32)40-17-15-39(16-18-40)30-13-12-25(36)21-28(30)37)45-35-38-29-10-5-4-9-27(29)33(42)41(35)26-8-6-7-23(20-26)24-14-19-43-22-24/h4-10,12-14,19-22,31-32,34H,2-3,11,15-18H2,1H3. The second-order valence-electron chi connectivity index (χ2n) is 11.5. The number of anilines is 1. The van der Waals surface area contributed by atoms with Crippen LogP contribution in [0.15, 0.2) is 99.7 Å². The first kappa shape index (κ1) is 29.7. The number of aromatic nitrogens is 2. The number of fused-ring (bicyclic) bond motifs is 1. The van der Waals surface area contributed by atoms with Crippen molar-refractivity contribution in [3.05, 3.63) is 107 Å². The van der Waals surface area contributed by atoms with Gasteiger partial charge in [-0.2, -0.15) is 0 Å². The molecule has 0 amide bonds. The number of ether oxygens (including phenoxy) is 1. The van der Waals surface area contributed by atoms with E-state index in [0.29, 0.717) is 47.9 Å². The molecule has 0 N–H and O–H groups in total. The Bertz CT molecular complexity index is 1860. The summed E-state index contributed by atoms with van der Waals surface area (Å²) in [5.74, 6) is -1.11. The Kier molecular flexibility index (Phi) is 8.44. The zero-order chi connectivity index (χ0) is 30.9. The monoisotopic (exact) mass is 628 g/mol. The third-order valence-corrected chi connectivity index (χ3v) is 9.89. The van der Waals surface area contributed by atoms with Gasteiger partial charge >= 0.3 is 0 Å². The van der Waals surface area contributed by atoms with Gasteiger partial charge in [0, 0.05) is 43.1 Å². The van der Waals surface area contributed by atoms with Crippen molar-refractivity contribution in [1.29, 1.82) is 0 Å². The number of para-hydroxylation sites is 1. The van der Waals surface area contributed by atoms with Gasteiger partial charge in [0.1, 0.15) is 24.0 Å². The van der Waals surface area contributed by atoms with Crippen molar-refractivity contribution in [3.8, 4) is 16.8 Å². The summed E-state index contributed by atoms with van der Waals surface area (Å²) < 4.78 is 41.2. The molecule has 0 saturated carbocycles. The molecular formula is C35H34F2N4O3S. The van der Waals surface area contributed by atoms with Gasteiger partial charge in [-0.25, -0.2) is 13.8 Å². The van der Waals surface area contributed by atoms with Gasteiger partial charge in [0.05, 0.1) is 34.8 Å². The highest BCUT2D eigenvalue weighted by atomic mass is 32.2. The maximum atomic E-state index is 14.4. The number of unbranched alkanes of at least 4 members (excludes halogenated alkanes) is 1. The third-order valence-electron chi connectivity index (χ3n) is 8.59. The normalized spacial score (nSPS) is 19.2. The van der Waals surface area contributed by atoms with E-state index in [1.54, 1.807) is 28.9 Å². The van der Waals surface area contributed by atoms with Crippen molar-refractivity contribution in [1.82, 2.24) is 14.5 Å². The van der Waals surface area contributed by atoms with Crippen molar-refractivity contribution in [2.45, 2.75) is 48.9 Å². The van der Waals surface area contributed by atoms with Crippen LogP contribution < -0.4 is 10.5 Å². The molecule has 2 aromatic heterocycles. The minimum Gasteiger partial charge on any atom is -0.472 e. The lowest BCUT2D eigenvalue weighted by molar-refractivity contribution is 0.166. The first-order valence-corrected chi connectivity index (χ1v) is 16.3. The molecule has 0 aliphatic carbocycles. The van der Waals surface area contributed by atoms with E-state index in [-0.39, 0.29) is 23.1 Å². The predicted octanol–water partition coefficient (Wildman–Crippen LogP) is 7.12. The molecule has 3 aromatic carbocycles. The van der Waals surface area contributed by atoms with Gasteiger partial charge in [-0.15, -0.1) is 0 Å². The zero-order valence-corrected chi connectivity index (χ0v) is 25.8. The summed E-state index contributed by atoms with van der Waals surface area (Å²) in [5.41, 5.74) is 3.61. The summed E-state index contributed by atoms with van der Waals surface area (Å²) in [6.45, 7) is 4.85. The number of thioether (sulfide) groups is 1.